The summed E-state index contributed by atoms with van der Waals surface area (Å²) in [5.41, 5.74) is 0.188. The second kappa shape index (κ2) is 19.4. The number of Topliss-reactive ketones (excluding diaryl/α,β-unsaturated/α-hetero) is 1. The highest BCUT2D eigenvalue weighted by Crippen LogP contribution is 2.46. The number of likely N-dealkylation sites (N-methyl/N-ethyl adjacent to an activating group) is 1. The van der Waals surface area contributed by atoms with E-state index in [1.54, 1.807) is 30.1 Å². The topological polar surface area (TPSA) is 130 Å². The monoisotopic (exact) mass is 860 g/mol. The molecule has 0 aliphatic carbocycles. The molecule has 1 amide bonds. The summed E-state index contributed by atoms with van der Waals surface area (Å²) < 4.78 is 25.7. The molecule has 2 bridgehead atoms. The van der Waals surface area contributed by atoms with Crippen LogP contribution in [0.15, 0.2) is 47.5 Å². The Morgan fingerprint density at radius 3 is 2.41 bits per heavy atom. The molecule has 12 nitrogen and oxygen atoms in total. The standard InChI is InChI=1S/C48H68N4O8S/c1-12-38-48(8)42-31(4)39(49-23-24-52(42)46(56)60-48)29(2)26-47(7,22-16-19-35-20-21-36(61-35)28-51(11)27-34-17-14-13-15-18-34)43(32(5)40(53)33(6)44(55)58-38)59-45-41(54)37(50(9)10)25-30(3)57-45/h13-15,17-18,20-21,29-33,37-38,41-43,45,54H,12,22-28H2,1-11H3/t29-,30-,31+,32+,33-,37+,38-,41-,42-,43-,45?,47+,48-/m1/s1. The van der Waals surface area contributed by atoms with Crippen LogP contribution in [0.25, 0.3) is 0 Å². The van der Waals surface area contributed by atoms with E-state index in [4.69, 9.17) is 23.9 Å². The molecule has 3 saturated heterocycles. The Morgan fingerprint density at radius 1 is 1.00 bits per heavy atom. The van der Waals surface area contributed by atoms with Crippen LogP contribution < -0.4 is 0 Å². The van der Waals surface area contributed by atoms with Crippen molar-refractivity contribution >= 4 is 34.9 Å². The van der Waals surface area contributed by atoms with E-state index in [1.807, 2.05) is 45.8 Å². The van der Waals surface area contributed by atoms with E-state index in [0.717, 1.165) is 23.7 Å². The van der Waals surface area contributed by atoms with Crippen LogP contribution in [0.1, 0.15) is 96.4 Å². The predicted molar refractivity (Wildman–Crippen MR) is 237 cm³/mol. The maximum Gasteiger partial charge on any atom is 0.410 e. The zero-order valence-corrected chi connectivity index (χ0v) is 38.9. The number of cyclic esters (lactones) is 1. The summed E-state index contributed by atoms with van der Waals surface area (Å²) in [5, 5.41) is 11.8. The van der Waals surface area contributed by atoms with Crippen LogP contribution in [-0.2, 0) is 41.6 Å². The van der Waals surface area contributed by atoms with Crippen LogP contribution in [0.2, 0.25) is 0 Å². The number of fused-ring (bicyclic) bond motifs is 1. The summed E-state index contributed by atoms with van der Waals surface area (Å²) in [6, 6.07) is 13.9. The van der Waals surface area contributed by atoms with E-state index in [2.05, 4.69) is 81.0 Å². The van der Waals surface area contributed by atoms with Gasteiger partial charge in [0, 0.05) is 59.9 Å². The number of hydrogen-bond acceptors (Lipinski definition) is 12. The van der Waals surface area contributed by atoms with Crippen molar-refractivity contribution < 1.29 is 38.4 Å². The van der Waals surface area contributed by atoms with Gasteiger partial charge in [-0.05, 0) is 84.8 Å². The summed E-state index contributed by atoms with van der Waals surface area (Å²) in [7, 11) is 5.97. The molecule has 13 heteroatoms. The molecule has 334 valence electrons. The zero-order chi connectivity index (χ0) is 44.4. The fraction of sp³-hybridized carbons (Fsp3) is 0.667. The van der Waals surface area contributed by atoms with Crippen LogP contribution in [0.4, 0.5) is 4.79 Å². The molecule has 1 N–H and O–H groups in total. The van der Waals surface area contributed by atoms with Gasteiger partial charge in [0.15, 0.2) is 17.7 Å². The van der Waals surface area contributed by atoms with E-state index < -0.39 is 65.6 Å². The molecule has 0 spiro atoms. The lowest BCUT2D eigenvalue weighted by Crippen LogP contribution is -2.58. The molecule has 13 atom stereocenters. The van der Waals surface area contributed by atoms with Crippen molar-refractivity contribution in [1.29, 1.82) is 0 Å². The van der Waals surface area contributed by atoms with E-state index >= 15 is 0 Å². The molecule has 2 aromatic rings. The molecule has 3 fully saturated rings. The Bertz CT molecular complexity index is 1960. The molecule has 5 heterocycles. The fourth-order valence-electron chi connectivity index (χ4n) is 10.5. The predicted octanol–water partition coefficient (Wildman–Crippen LogP) is 6.81. The van der Waals surface area contributed by atoms with Crippen LogP contribution in [0.5, 0.6) is 0 Å². The molecule has 61 heavy (non-hydrogen) atoms. The summed E-state index contributed by atoms with van der Waals surface area (Å²) in [6.45, 7) is 17.8. The van der Waals surface area contributed by atoms with Crippen molar-refractivity contribution in [3.63, 3.8) is 0 Å². The van der Waals surface area contributed by atoms with Crippen LogP contribution in [0, 0.1) is 40.9 Å². The number of aliphatic imine (C=N–C) groups is 1. The Hall–Kier alpha value is -3.64. The van der Waals surface area contributed by atoms with Crippen LogP contribution in [0.3, 0.4) is 0 Å². The molecule has 6 rings (SSSR count). The minimum atomic E-state index is -1.17. The average Bonchev–Trinajstić information content (AvgIpc) is 3.69. The van der Waals surface area contributed by atoms with Gasteiger partial charge < -0.3 is 29.0 Å². The van der Waals surface area contributed by atoms with Gasteiger partial charge in [0.2, 0.25) is 0 Å². The first-order chi connectivity index (χ1) is 28.9. The summed E-state index contributed by atoms with van der Waals surface area (Å²) >= 11 is 1.66. The molecular formula is C48H68N4O8S. The summed E-state index contributed by atoms with van der Waals surface area (Å²) in [5.74, 6) is 3.55. The van der Waals surface area contributed by atoms with Gasteiger partial charge in [-0.25, -0.2) is 4.79 Å². The van der Waals surface area contributed by atoms with Crippen molar-refractivity contribution in [1.82, 2.24) is 14.7 Å². The molecule has 1 aromatic carbocycles. The molecule has 1 unspecified atom stereocenters. The van der Waals surface area contributed by atoms with E-state index in [0.29, 0.717) is 38.8 Å². The first-order valence-electron chi connectivity index (χ1n) is 22.1. The Kier molecular flexibility index (Phi) is 14.9. The number of esters is 1. The molecule has 4 aliphatic heterocycles. The second-order valence-corrected chi connectivity index (χ2v) is 20.0. The first-order valence-corrected chi connectivity index (χ1v) is 22.9. The molecule has 1 aromatic heterocycles. The third-order valence-corrected chi connectivity index (χ3v) is 14.6. The van der Waals surface area contributed by atoms with Gasteiger partial charge >= 0.3 is 12.1 Å². The summed E-state index contributed by atoms with van der Waals surface area (Å²) in [6.07, 6.45) is -2.51. The molecule has 4 aliphatic rings. The van der Waals surface area contributed by atoms with Gasteiger partial charge in [0.1, 0.15) is 18.1 Å². The lowest BCUT2D eigenvalue weighted by Gasteiger charge is -2.47. The smallest absolute Gasteiger partial charge is 0.410 e. The van der Waals surface area contributed by atoms with E-state index in [9.17, 15) is 19.5 Å². The number of aliphatic hydroxyl groups excluding tert-OH is 1. The number of ketones is 1. The van der Waals surface area contributed by atoms with Crippen LogP contribution >= 0.6 is 11.3 Å². The van der Waals surface area contributed by atoms with Gasteiger partial charge in [-0.3, -0.25) is 24.4 Å². The third kappa shape index (κ3) is 10.1. The van der Waals surface area contributed by atoms with Gasteiger partial charge in [0.05, 0.1) is 29.7 Å². The van der Waals surface area contributed by atoms with Crippen molar-refractivity contribution in [3.05, 3.63) is 57.8 Å². The van der Waals surface area contributed by atoms with Crippen molar-refractivity contribution in [2.75, 3.05) is 34.2 Å². The molecule has 0 radical (unpaired) electrons. The quantitative estimate of drug-likeness (QED) is 0.163. The van der Waals surface area contributed by atoms with Gasteiger partial charge in [-0.2, -0.15) is 0 Å². The third-order valence-electron chi connectivity index (χ3n) is 13.6. The lowest BCUT2D eigenvalue weighted by molar-refractivity contribution is -0.286. The SMILES string of the molecule is CC[C@H]1OC(=O)[C@H](C)C(=O)[C@H](C)[C@@H](OC2O[C@H](C)C[C@H](N(C)C)[C@H]2O)[C@@](C)(CC#Cc2ccc(CN(C)Cc3ccccc3)s2)C[C@@H](C)C2=NCCN3C(=O)O[C@@]1(C)[C@H]3[C@H]2C. The van der Waals surface area contributed by atoms with Gasteiger partial charge in [-0.1, -0.05) is 76.8 Å². The fourth-order valence-corrected chi connectivity index (χ4v) is 11.5. The Morgan fingerprint density at radius 2 is 1.72 bits per heavy atom. The number of benzene rings is 1. The number of ether oxygens (including phenoxy) is 4. The maximum absolute atomic E-state index is 14.7. The number of rotatable bonds is 9. The number of carbonyl (C=O) groups is 3. The zero-order valence-electron chi connectivity index (χ0n) is 38.1. The lowest BCUT2D eigenvalue weighted by atomic mass is 9.66. The minimum Gasteiger partial charge on any atom is -0.458 e. The first kappa shape index (κ1) is 46.9. The van der Waals surface area contributed by atoms with Crippen molar-refractivity contribution in [2.24, 2.45) is 34.1 Å². The number of amides is 1. The highest BCUT2D eigenvalue weighted by Gasteiger charge is 2.60. The van der Waals surface area contributed by atoms with E-state index in [1.165, 1.54) is 10.4 Å². The number of aliphatic hydroxyl groups is 1. The normalized spacial score (nSPS) is 36.1. The number of carbonyl (C=O) groups excluding carboxylic acids is 3. The highest BCUT2D eigenvalue weighted by molar-refractivity contribution is 7.12. The largest absolute Gasteiger partial charge is 0.458 e. The van der Waals surface area contributed by atoms with Crippen molar-refractivity contribution in [3.8, 4) is 11.8 Å². The Labute approximate surface area is 367 Å². The van der Waals surface area contributed by atoms with Gasteiger partial charge in [0.25, 0.3) is 0 Å². The van der Waals surface area contributed by atoms with Gasteiger partial charge in [-0.15, -0.1) is 11.3 Å². The van der Waals surface area contributed by atoms with E-state index in [-0.39, 0.29) is 29.8 Å². The number of hydrogen-bond donors (Lipinski definition) is 1. The Balaban J connectivity index is 1.39. The van der Waals surface area contributed by atoms with Crippen LogP contribution in [-0.4, -0.2) is 126 Å². The number of thiophene rings is 1. The summed E-state index contributed by atoms with van der Waals surface area (Å²) in [4.78, 5) is 55.6. The number of nitrogens with zero attached hydrogens (tertiary/aromatic N) is 4. The molecule has 0 saturated carbocycles. The second-order valence-electron chi connectivity index (χ2n) is 18.8. The van der Waals surface area contributed by atoms with Crippen molar-refractivity contribution in [2.45, 2.75) is 143 Å². The maximum atomic E-state index is 14.7. The highest BCUT2D eigenvalue weighted by atomic mass is 32.1. The molecular weight excluding hydrogens is 793 g/mol. The minimum absolute atomic E-state index is 0.141. The average molecular weight is 861 g/mol.